The van der Waals surface area contributed by atoms with Crippen LogP contribution in [0.25, 0.3) is 0 Å². The molecule has 0 rings (SSSR count). The summed E-state index contributed by atoms with van der Waals surface area (Å²) >= 11 is 0. The van der Waals surface area contributed by atoms with Crippen molar-refractivity contribution in [3.8, 4) is 0 Å². The summed E-state index contributed by atoms with van der Waals surface area (Å²) in [5, 5.41) is 11.2. The molecule has 1 atom stereocenters. The van der Waals surface area contributed by atoms with Crippen LogP contribution in [-0.2, 0) is 4.74 Å². The summed E-state index contributed by atoms with van der Waals surface area (Å²) < 4.78 is 5.33. The average Bonchev–Trinajstić information content (AvgIpc) is 2.10. The Morgan fingerprint density at radius 1 is 1.42 bits per heavy atom. The van der Waals surface area contributed by atoms with Crippen molar-refractivity contribution in [3.63, 3.8) is 0 Å². The molecule has 0 aliphatic heterocycles. The first-order valence-electron chi connectivity index (χ1n) is 4.70. The van der Waals surface area contributed by atoms with Gasteiger partial charge in [-0.05, 0) is 12.3 Å². The Labute approximate surface area is 75.1 Å². The second-order valence-corrected chi connectivity index (χ2v) is 3.07. The molecule has 74 valence electrons. The minimum atomic E-state index is 0.0364. The Morgan fingerprint density at radius 2 is 2.17 bits per heavy atom. The maximum absolute atomic E-state index is 8.38. The van der Waals surface area contributed by atoms with Crippen LogP contribution in [0.15, 0.2) is 0 Å². The number of nitrogens with one attached hydrogen (secondary N) is 1. The summed E-state index contributed by atoms with van der Waals surface area (Å²) in [6.45, 7) is 6.72. The molecule has 0 bridgehead atoms. The largest absolute Gasteiger partial charge is 0.381 e. The molecule has 0 aromatic heterocycles. The fourth-order valence-electron chi connectivity index (χ4n) is 0.814. The lowest BCUT2D eigenvalue weighted by molar-refractivity contribution is 0.117. The molecule has 0 fully saturated rings. The zero-order valence-electron chi connectivity index (χ0n) is 8.18. The molecule has 0 saturated heterocycles. The Hall–Kier alpha value is -0.120. The van der Waals surface area contributed by atoms with Crippen molar-refractivity contribution in [2.75, 3.05) is 26.5 Å². The van der Waals surface area contributed by atoms with E-state index in [0.29, 0.717) is 6.61 Å². The summed E-state index contributed by atoms with van der Waals surface area (Å²) in [6, 6.07) is 0. The second kappa shape index (κ2) is 8.97. The normalized spacial score (nSPS) is 13.2. The van der Waals surface area contributed by atoms with Gasteiger partial charge in [-0.25, -0.2) is 0 Å². The molecule has 0 aliphatic rings. The maximum Gasteiger partial charge on any atom is 0.0932 e. The number of aliphatic hydroxyl groups is 1. The monoisotopic (exact) mass is 175 g/mol. The van der Waals surface area contributed by atoms with Gasteiger partial charge in [0.1, 0.15) is 0 Å². The Kier molecular flexibility index (Phi) is 8.88. The first kappa shape index (κ1) is 11.9. The first-order valence-corrected chi connectivity index (χ1v) is 4.70. The fraction of sp³-hybridized carbons (Fsp3) is 1.00. The topological polar surface area (TPSA) is 41.5 Å². The van der Waals surface area contributed by atoms with E-state index in [9.17, 15) is 0 Å². The molecule has 3 nitrogen and oxygen atoms in total. The van der Waals surface area contributed by atoms with Crippen molar-refractivity contribution in [1.82, 2.24) is 5.32 Å². The lowest BCUT2D eigenvalue weighted by Gasteiger charge is -2.08. The molecule has 1 unspecified atom stereocenters. The minimum Gasteiger partial charge on any atom is -0.381 e. The highest BCUT2D eigenvalue weighted by molar-refractivity contribution is 4.48. The predicted octanol–water partition coefficient (Wildman–Crippen LogP) is 0.979. The summed E-state index contributed by atoms with van der Waals surface area (Å²) in [4.78, 5) is 0. The van der Waals surface area contributed by atoms with Gasteiger partial charge >= 0.3 is 0 Å². The highest BCUT2D eigenvalue weighted by atomic mass is 16.5. The third-order valence-electron chi connectivity index (χ3n) is 1.99. The highest BCUT2D eigenvalue weighted by Gasteiger charge is 1.97. The smallest absolute Gasteiger partial charge is 0.0932 e. The SMILES string of the molecule is CCC(C)CCOCCNCO. The number of hydrogen-bond donors (Lipinski definition) is 2. The summed E-state index contributed by atoms with van der Waals surface area (Å²) in [6.07, 6.45) is 2.36. The van der Waals surface area contributed by atoms with Crippen molar-refractivity contribution >= 4 is 0 Å². The van der Waals surface area contributed by atoms with Crippen LogP contribution in [0.4, 0.5) is 0 Å². The molecule has 0 heterocycles. The number of ether oxygens (including phenoxy) is 1. The zero-order valence-corrected chi connectivity index (χ0v) is 8.18. The second-order valence-electron chi connectivity index (χ2n) is 3.07. The van der Waals surface area contributed by atoms with E-state index in [1.807, 2.05) is 0 Å². The van der Waals surface area contributed by atoms with Gasteiger partial charge in [-0.2, -0.15) is 0 Å². The average molecular weight is 175 g/mol. The van der Waals surface area contributed by atoms with Crippen LogP contribution in [0.2, 0.25) is 0 Å². The van der Waals surface area contributed by atoms with Crippen molar-refractivity contribution in [2.45, 2.75) is 26.7 Å². The van der Waals surface area contributed by atoms with Gasteiger partial charge in [0.25, 0.3) is 0 Å². The zero-order chi connectivity index (χ0) is 9.23. The van der Waals surface area contributed by atoms with Gasteiger partial charge in [0.2, 0.25) is 0 Å². The molecule has 3 heteroatoms. The summed E-state index contributed by atoms with van der Waals surface area (Å²) in [5.41, 5.74) is 0. The van der Waals surface area contributed by atoms with E-state index in [1.165, 1.54) is 6.42 Å². The van der Waals surface area contributed by atoms with Gasteiger partial charge in [-0.1, -0.05) is 20.3 Å². The van der Waals surface area contributed by atoms with E-state index in [2.05, 4.69) is 19.2 Å². The molecule has 0 aromatic carbocycles. The maximum atomic E-state index is 8.38. The van der Waals surface area contributed by atoms with Crippen LogP contribution in [0, 0.1) is 5.92 Å². The van der Waals surface area contributed by atoms with E-state index in [1.54, 1.807) is 0 Å². The van der Waals surface area contributed by atoms with Crippen LogP contribution in [0.1, 0.15) is 26.7 Å². The van der Waals surface area contributed by atoms with Crippen molar-refractivity contribution in [3.05, 3.63) is 0 Å². The quantitative estimate of drug-likeness (QED) is 0.427. The van der Waals surface area contributed by atoms with Gasteiger partial charge in [-0.3, -0.25) is 5.32 Å². The van der Waals surface area contributed by atoms with Gasteiger partial charge in [0.15, 0.2) is 0 Å². The minimum absolute atomic E-state index is 0.0364. The van der Waals surface area contributed by atoms with Crippen molar-refractivity contribution < 1.29 is 9.84 Å². The van der Waals surface area contributed by atoms with E-state index in [0.717, 1.165) is 25.5 Å². The van der Waals surface area contributed by atoms with Crippen molar-refractivity contribution in [1.29, 1.82) is 0 Å². The van der Waals surface area contributed by atoms with Crippen LogP contribution in [-0.4, -0.2) is 31.6 Å². The third-order valence-corrected chi connectivity index (χ3v) is 1.99. The first-order chi connectivity index (χ1) is 5.81. The predicted molar refractivity (Wildman–Crippen MR) is 50.0 cm³/mol. The molecule has 0 radical (unpaired) electrons. The number of hydrogen-bond acceptors (Lipinski definition) is 3. The van der Waals surface area contributed by atoms with Crippen LogP contribution in [0.3, 0.4) is 0 Å². The molecular formula is C9H21NO2. The standard InChI is InChI=1S/C9H21NO2/c1-3-9(2)4-6-12-7-5-10-8-11/h9-11H,3-8H2,1-2H3. The van der Waals surface area contributed by atoms with E-state index in [4.69, 9.17) is 9.84 Å². The van der Waals surface area contributed by atoms with E-state index in [-0.39, 0.29) is 6.73 Å². The molecule has 0 saturated carbocycles. The van der Waals surface area contributed by atoms with Crippen molar-refractivity contribution in [2.24, 2.45) is 5.92 Å². The fourth-order valence-corrected chi connectivity index (χ4v) is 0.814. The number of aliphatic hydroxyl groups excluding tert-OH is 1. The van der Waals surface area contributed by atoms with Gasteiger partial charge in [0, 0.05) is 13.2 Å². The molecule has 0 aromatic rings. The van der Waals surface area contributed by atoms with Crippen LogP contribution >= 0.6 is 0 Å². The molecule has 12 heavy (non-hydrogen) atoms. The molecule has 0 aliphatic carbocycles. The summed E-state index contributed by atoms with van der Waals surface area (Å²) in [5.74, 6) is 0.760. The highest BCUT2D eigenvalue weighted by Crippen LogP contribution is 2.05. The molecular weight excluding hydrogens is 154 g/mol. The Balaban J connectivity index is 2.90. The van der Waals surface area contributed by atoms with Gasteiger partial charge in [-0.15, -0.1) is 0 Å². The van der Waals surface area contributed by atoms with Crippen LogP contribution < -0.4 is 5.32 Å². The van der Waals surface area contributed by atoms with Gasteiger partial charge < -0.3 is 9.84 Å². The summed E-state index contributed by atoms with van der Waals surface area (Å²) in [7, 11) is 0. The lowest BCUT2D eigenvalue weighted by Crippen LogP contribution is -2.20. The lowest BCUT2D eigenvalue weighted by atomic mass is 10.1. The molecule has 0 amide bonds. The number of rotatable bonds is 8. The Bertz CT molecular complexity index is 88.6. The van der Waals surface area contributed by atoms with E-state index < -0.39 is 0 Å². The van der Waals surface area contributed by atoms with E-state index >= 15 is 0 Å². The van der Waals surface area contributed by atoms with Crippen LogP contribution in [0.5, 0.6) is 0 Å². The van der Waals surface area contributed by atoms with Gasteiger partial charge in [0.05, 0.1) is 13.3 Å². The molecule has 0 spiro atoms. The Morgan fingerprint density at radius 3 is 2.75 bits per heavy atom. The molecule has 2 N–H and O–H groups in total. The third kappa shape index (κ3) is 7.98.